The van der Waals surface area contributed by atoms with Crippen molar-refractivity contribution in [1.29, 1.82) is 0 Å². The minimum Gasteiger partial charge on any atom is -0.387 e. The van der Waals surface area contributed by atoms with Gasteiger partial charge in [-0.3, -0.25) is 0 Å². The predicted molar refractivity (Wildman–Crippen MR) is 105 cm³/mol. The minimum absolute atomic E-state index is 0.368. The van der Waals surface area contributed by atoms with Gasteiger partial charge in [-0.1, -0.05) is 30.3 Å². The summed E-state index contributed by atoms with van der Waals surface area (Å²) in [5, 5.41) is 16.6. The van der Waals surface area contributed by atoms with Crippen molar-refractivity contribution in [2.45, 2.75) is 6.10 Å². The molecule has 4 aromatic rings. The molecule has 0 aliphatic heterocycles. The number of hydrogen-bond acceptors (Lipinski definition) is 7. The zero-order chi connectivity index (χ0) is 17.8. The van der Waals surface area contributed by atoms with Crippen LogP contribution in [0.1, 0.15) is 11.7 Å². The van der Waals surface area contributed by atoms with Gasteiger partial charge >= 0.3 is 0 Å². The summed E-state index contributed by atoms with van der Waals surface area (Å²) in [6.45, 7) is 0.368. The molecule has 0 saturated carbocycles. The summed E-state index contributed by atoms with van der Waals surface area (Å²) in [7, 11) is 0. The molecule has 3 N–H and O–H groups in total. The number of benzene rings is 2. The molecule has 4 rings (SSSR count). The second-order valence-corrected chi connectivity index (χ2v) is 6.62. The van der Waals surface area contributed by atoms with Crippen molar-refractivity contribution in [2.75, 3.05) is 17.2 Å². The quantitative estimate of drug-likeness (QED) is 0.481. The second-order valence-electron chi connectivity index (χ2n) is 5.73. The molecule has 2 aromatic carbocycles. The van der Waals surface area contributed by atoms with Crippen LogP contribution in [0.2, 0.25) is 0 Å². The Morgan fingerprint density at radius 1 is 1.04 bits per heavy atom. The molecular formula is C19H17N5OS. The molecule has 2 heterocycles. The molecule has 0 spiro atoms. The maximum atomic E-state index is 10.2. The largest absolute Gasteiger partial charge is 0.387 e. The van der Waals surface area contributed by atoms with Crippen LogP contribution in [-0.2, 0) is 0 Å². The summed E-state index contributed by atoms with van der Waals surface area (Å²) in [5.41, 5.74) is 4.58. The number of anilines is 3. The molecule has 0 saturated heterocycles. The van der Waals surface area contributed by atoms with Crippen molar-refractivity contribution in [3.8, 4) is 0 Å². The van der Waals surface area contributed by atoms with E-state index in [1.165, 1.54) is 0 Å². The fourth-order valence-corrected chi connectivity index (χ4v) is 3.29. The van der Waals surface area contributed by atoms with E-state index in [9.17, 15) is 5.11 Å². The van der Waals surface area contributed by atoms with E-state index in [4.69, 9.17) is 0 Å². The van der Waals surface area contributed by atoms with Crippen LogP contribution in [-0.4, -0.2) is 26.6 Å². The predicted octanol–water partition coefficient (Wildman–Crippen LogP) is 3.98. The molecule has 26 heavy (non-hydrogen) atoms. The lowest BCUT2D eigenvalue weighted by Crippen LogP contribution is -2.13. The Morgan fingerprint density at radius 3 is 2.81 bits per heavy atom. The molecule has 130 valence electrons. The summed E-state index contributed by atoms with van der Waals surface area (Å²) in [6.07, 6.45) is 1.08. The van der Waals surface area contributed by atoms with Crippen LogP contribution in [0.25, 0.3) is 10.2 Å². The third kappa shape index (κ3) is 3.79. The van der Waals surface area contributed by atoms with Crippen molar-refractivity contribution in [3.63, 3.8) is 0 Å². The fourth-order valence-electron chi connectivity index (χ4n) is 2.57. The van der Waals surface area contributed by atoms with Crippen molar-refractivity contribution in [2.24, 2.45) is 0 Å². The van der Waals surface area contributed by atoms with Crippen LogP contribution in [0.4, 0.5) is 17.5 Å². The molecule has 1 unspecified atom stereocenters. The van der Waals surface area contributed by atoms with Gasteiger partial charge in [0.05, 0.1) is 21.8 Å². The van der Waals surface area contributed by atoms with Gasteiger partial charge in [-0.05, 0) is 29.8 Å². The summed E-state index contributed by atoms with van der Waals surface area (Å²) in [6, 6.07) is 17.2. The summed E-state index contributed by atoms with van der Waals surface area (Å²) in [4.78, 5) is 13.0. The van der Waals surface area contributed by atoms with E-state index in [2.05, 4.69) is 25.6 Å². The molecule has 1 atom stereocenters. The Bertz CT molecular complexity index is 1000. The van der Waals surface area contributed by atoms with E-state index >= 15 is 0 Å². The molecule has 7 heteroatoms. The maximum absolute atomic E-state index is 10.2. The van der Waals surface area contributed by atoms with Crippen LogP contribution in [0.15, 0.2) is 66.3 Å². The van der Waals surface area contributed by atoms with Gasteiger partial charge in [-0.2, -0.15) is 4.98 Å². The average Bonchev–Trinajstić information content (AvgIpc) is 3.15. The Morgan fingerprint density at radius 2 is 1.92 bits per heavy atom. The number of aliphatic hydroxyl groups excluding tert-OH is 1. The van der Waals surface area contributed by atoms with E-state index in [1.54, 1.807) is 23.6 Å². The molecule has 6 nitrogen and oxygen atoms in total. The van der Waals surface area contributed by atoms with E-state index in [0.29, 0.717) is 18.3 Å². The monoisotopic (exact) mass is 363 g/mol. The summed E-state index contributed by atoms with van der Waals surface area (Å²) < 4.78 is 1.11. The van der Waals surface area contributed by atoms with Crippen LogP contribution in [0.5, 0.6) is 0 Å². The minimum atomic E-state index is -0.601. The number of fused-ring (bicyclic) bond motifs is 1. The van der Waals surface area contributed by atoms with Gasteiger partial charge in [0.2, 0.25) is 5.95 Å². The Kier molecular flexibility index (Phi) is 4.72. The van der Waals surface area contributed by atoms with Crippen molar-refractivity contribution >= 4 is 39.0 Å². The normalized spacial score (nSPS) is 12.0. The van der Waals surface area contributed by atoms with Crippen LogP contribution < -0.4 is 10.6 Å². The topological polar surface area (TPSA) is 83.0 Å². The maximum Gasteiger partial charge on any atom is 0.229 e. The van der Waals surface area contributed by atoms with E-state index < -0.39 is 6.10 Å². The fraction of sp³-hybridized carbons (Fsp3) is 0.105. The smallest absolute Gasteiger partial charge is 0.229 e. The lowest BCUT2D eigenvalue weighted by atomic mass is 10.1. The highest BCUT2D eigenvalue weighted by Gasteiger charge is 2.08. The van der Waals surface area contributed by atoms with E-state index in [-0.39, 0.29) is 0 Å². The van der Waals surface area contributed by atoms with Gasteiger partial charge in [0.15, 0.2) is 0 Å². The number of nitrogens with one attached hydrogen (secondary N) is 2. The lowest BCUT2D eigenvalue weighted by molar-refractivity contribution is 0.191. The van der Waals surface area contributed by atoms with Gasteiger partial charge in [0.1, 0.15) is 5.82 Å². The van der Waals surface area contributed by atoms with Gasteiger partial charge in [-0.15, -0.1) is 11.3 Å². The highest BCUT2D eigenvalue weighted by Crippen LogP contribution is 2.23. The van der Waals surface area contributed by atoms with Gasteiger partial charge in [-0.25, -0.2) is 9.97 Å². The second kappa shape index (κ2) is 7.47. The Hall–Kier alpha value is -3.03. The molecule has 0 amide bonds. The lowest BCUT2D eigenvalue weighted by Gasteiger charge is -2.13. The first-order valence-corrected chi connectivity index (χ1v) is 9.06. The first-order chi connectivity index (χ1) is 12.8. The molecular weight excluding hydrogens is 346 g/mol. The molecule has 0 fully saturated rings. The number of thiazole rings is 1. The van der Waals surface area contributed by atoms with Gasteiger partial charge in [0, 0.05) is 18.4 Å². The van der Waals surface area contributed by atoms with Crippen LogP contribution in [0, 0.1) is 0 Å². The Labute approximate surface area is 154 Å². The number of nitrogens with zero attached hydrogens (tertiary/aromatic N) is 3. The number of rotatable bonds is 6. The van der Waals surface area contributed by atoms with Gasteiger partial charge < -0.3 is 15.7 Å². The van der Waals surface area contributed by atoms with E-state index in [0.717, 1.165) is 21.5 Å². The van der Waals surface area contributed by atoms with Crippen LogP contribution >= 0.6 is 11.3 Å². The molecule has 0 aliphatic carbocycles. The van der Waals surface area contributed by atoms with Crippen molar-refractivity contribution in [3.05, 3.63) is 71.9 Å². The van der Waals surface area contributed by atoms with Gasteiger partial charge in [0.25, 0.3) is 0 Å². The number of aromatic nitrogens is 3. The standard InChI is InChI=1S/C19H17N5OS/c25-16(13-4-2-1-3-5-13)11-21-18-8-9-20-19(24-18)23-14-6-7-15-17(10-14)26-12-22-15/h1-10,12,16,25H,11H2,(H2,20,21,23,24). The third-order valence-electron chi connectivity index (χ3n) is 3.90. The first kappa shape index (κ1) is 16.4. The molecule has 0 aliphatic rings. The molecule has 0 radical (unpaired) electrons. The summed E-state index contributed by atoms with van der Waals surface area (Å²) in [5.74, 6) is 1.14. The van der Waals surface area contributed by atoms with Crippen molar-refractivity contribution in [1.82, 2.24) is 15.0 Å². The summed E-state index contributed by atoms with van der Waals surface area (Å²) >= 11 is 1.59. The SMILES string of the molecule is OC(CNc1ccnc(Nc2ccc3ncsc3c2)n1)c1ccccc1. The first-order valence-electron chi connectivity index (χ1n) is 8.18. The Balaban J connectivity index is 1.43. The zero-order valence-corrected chi connectivity index (χ0v) is 14.6. The zero-order valence-electron chi connectivity index (χ0n) is 13.8. The van der Waals surface area contributed by atoms with Crippen molar-refractivity contribution < 1.29 is 5.11 Å². The molecule has 2 aromatic heterocycles. The number of hydrogen-bond donors (Lipinski definition) is 3. The third-order valence-corrected chi connectivity index (χ3v) is 4.70. The average molecular weight is 363 g/mol. The molecule has 0 bridgehead atoms. The number of aliphatic hydroxyl groups is 1. The van der Waals surface area contributed by atoms with E-state index in [1.807, 2.05) is 54.0 Å². The van der Waals surface area contributed by atoms with Crippen LogP contribution in [0.3, 0.4) is 0 Å². The highest BCUT2D eigenvalue weighted by molar-refractivity contribution is 7.16. The highest BCUT2D eigenvalue weighted by atomic mass is 32.1.